The molecule has 1 saturated heterocycles. The summed E-state index contributed by atoms with van der Waals surface area (Å²) in [5.41, 5.74) is 2.33. The van der Waals surface area contributed by atoms with E-state index in [0.29, 0.717) is 6.54 Å². The molecule has 1 heterocycles. The molecule has 2 rings (SSSR count). The number of anilines is 1. The van der Waals surface area contributed by atoms with E-state index < -0.39 is 0 Å². The van der Waals surface area contributed by atoms with E-state index in [4.69, 9.17) is 0 Å². The van der Waals surface area contributed by atoms with Crippen LogP contribution in [0, 0.1) is 0 Å². The molecule has 0 spiro atoms. The third-order valence-electron chi connectivity index (χ3n) is 4.44. The van der Waals surface area contributed by atoms with E-state index in [1.807, 2.05) is 35.0 Å². The highest BCUT2D eigenvalue weighted by atomic mass is 16.2. The van der Waals surface area contributed by atoms with Crippen LogP contribution < -0.4 is 5.32 Å². The number of nitrogens with one attached hydrogen (secondary N) is 1. The van der Waals surface area contributed by atoms with Gasteiger partial charge in [0.05, 0.1) is 0 Å². The standard InChI is InChI=1S/C17H25N3O2/c1-14(22)19-11-8-16(9-12-19)20(13-21)10-7-15-5-3-4-6-17(15)18-2/h3-6,13,16,18H,7-12H2,1-2H3. The fraction of sp³-hybridized carbons (Fsp3) is 0.529. The monoisotopic (exact) mass is 303 g/mol. The fourth-order valence-electron chi connectivity index (χ4n) is 3.07. The van der Waals surface area contributed by atoms with Gasteiger partial charge < -0.3 is 15.1 Å². The molecule has 1 aliphatic heterocycles. The Balaban J connectivity index is 1.90. The molecule has 2 amide bonds. The molecule has 0 aliphatic carbocycles. The number of piperidine rings is 1. The maximum Gasteiger partial charge on any atom is 0.219 e. The Morgan fingerprint density at radius 1 is 1.36 bits per heavy atom. The Kier molecular flexibility index (Phi) is 5.81. The number of likely N-dealkylation sites (tertiary alicyclic amines) is 1. The van der Waals surface area contributed by atoms with Crippen molar-refractivity contribution in [3.8, 4) is 0 Å². The third kappa shape index (κ3) is 4.00. The molecule has 1 aromatic rings. The Morgan fingerprint density at radius 3 is 2.64 bits per heavy atom. The smallest absolute Gasteiger partial charge is 0.219 e. The van der Waals surface area contributed by atoms with E-state index in [-0.39, 0.29) is 11.9 Å². The summed E-state index contributed by atoms with van der Waals surface area (Å²) in [7, 11) is 1.91. The second kappa shape index (κ2) is 7.82. The Hall–Kier alpha value is -2.04. The summed E-state index contributed by atoms with van der Waals surface area (Å²) in [6.45, 7) is 3.81. The van der Waals surface area contributed by atoms with Gasteiger partial charge in [-0.15, -0.1) is 0 Å². The molecule has 0 aromatic heterocycles. The normalized spacial score (nSPS) is 15.5. The van der Waals surface area contributed by atoms with Gasteiger partial charge in [-0.3, -0.25) is 9.59 Å². The summed E-state index contributed by atoms with van der Waals surface area (Å²) in [4.78, 5) is 26.5. The predicted molar refractivity (Wildman–Crippen MR) is 87.7 cm³/mol. The number of amides is 2. The summed E-state index contributed by atoms with van der Waals surface area (Å²) in [5, 5.41) is 3.18. The largest absolute Gasteiger partial charge is 0.388 e. The highest BCUT2D eigenvalue weighted by molar-refractivity contribution is 5.73. The van der Waals surface area contributed by atoms with E-state index in [2.05, 4.69) is 11.4 Å². The van der Waals surface area contributed by atoms with Crippen LogP contribution >= 0.6 is 0 Å². The number of hydrogen-bond donors (Lipinski definition) is 1. The van der Waals surface area contributed by atoms with E-state index in [1.54, 1.807) is 6.92 Å². The lowest BCUT2D eigenvalue weighted by Gasteiger charge is -2.36. The molecule has 5 heteroatoms. The van der Waals surface area contributed by atoms with Crippen LogP contribution in [0.1, 0.15) is 25.3 Å². The zero-order chi connectivity index (χ0) is 15.9. The zero-order valence-electron chi connectivity index (χ0n) is 13.4. The molecule has 0 unspecified atom stereocenters. The fourth-order valence-corrected chi connectivity index (χ4v) is 3.07. The predicted octanol–water partition coefficient (Wildman–Crippen LogP) is 1.74. The molecule has 0 bridgehead atoms. The van der Waals surface area contributed by atoms with Gasteiger partial charge in [0.25, 0.3) is 0 Å². The number of carbonyl (C=O) groups excluding carboxylic acids is 2. The molecule has 0 saturated carbocycles. The molecular formula is C17H25N3O2. The molecule has 0 radical (unpaired) electrons. The summed E-state index contributed by atoms with van der Waals surface area (Å²) in [6, 6.07) is 8.41. The van der Waals surface area contributed by atoms with Crippen molar-refractivity contribution in [1.29, 1.82) is 0 Å². The first kappa shape index (κ1) is 16.3. The molecule has 22 heavy (non-hydrogen) atoms. The van der Waals surface area contributed by atoms with E-state index in [9.17, 15) is 9.59 Å². The van der Waals surface area contributed by atoms with Crippen molar-refractivity contribution in [2.45, 2.75) is 32.2 Å². The maximum atomic E-state index is 11.4. The van der Waals surface area contributed by atoms with Crippen molar-refractivity contribution in [2.24, 2.45) is 0 Å². The Morgan fingerprint density at radius 2 is 2.05 bits per heavy atom. The van der Waals surface area contributed by atoms with E-state index >= 15 is 0 Å². The van der Waals surface area contributed by atoms with Gasteiger partial charge in [-0.05, 0) is 30.9 Å². The second-order valence-corrected chi connectivity index (χ2v) is 5.74. The second-order valence-electron chi connectivity index (χ2n) is 5.74. The lowest BCUT2D eigenvalue weighted by atomic mass is 10.0. The number of hydrogen-bond acceptors (Lipinski definition) is 3. The SMILES string of the molecule is CNc1ccccc1CCN(C=O)C1CCN(C(C)=O)CC1. The highest BCUT2D eigenvalue weighted by Crippen LogP contribution is 2.18. The van der Waals surface area contributed by atoms with E-state index in [0.717, 1.165) is 44.4 Å². The van der Waals surface area contributed by atoms with Crippen LogP contribution in [0.25, 0.3) is 0 Å². The van der Waals surface area contributed by atoms with E-state index in [1.165, 1.54) is 5.56 Å². The van der Waals surface area contributed by atoms with Gasteiger partial charge in [0.1, 0.15) is 0 Å². The molecule has 1 N–H and O–H groups in total. The molecule has 1 fully saturated rings. The van der Waals surface area contributed by atoms with Crippen molar-refractivity contribution < 1.29 is 9.59 Å². The van der Waals surface area contributed by atoms with Gasteiger partial charge in [-0.1, -0.05) is 18.2 Å². The maximum absolute atomic E-state index is 11.4. The number of carbonyl (C=O) groups is 2. The van der Waals surface area contributed by atoms with Gasteiger partial charge in [0, 0.05) is 45.3 Å². The molecule has 1 aromatic carbocycles. The first-order valence-electron chi connectivity index (χ1n) is 7.88. The van der Waals surface area contributed by atoms with Crippen molar-refractivity contribution in [1.82, 2.24) is 9.80 Å². The van der Waals surface area contributed by atoms with Gasteiger partial charge >= 0.3 is 0 Å². The topological polar surface area (TPSA) is 52.7 Å². The lowest BCUT2D eigenvalue weighted by Crippen LogP contribution is -2.46. The molecule has 5 nitrogen and oxygen atoms in total. The van der Waals surface area contributed by atoms with Gasteiger partial charge in [0.15, 0.2) is 0 Å². The third-order valence-corrected chi connectivity index (χ3v) is 4.44. The first-order valence-corrected chi connectivity index (χ1v) is 7.88. The average molecular weight is 303 g/mol. The minimum absolute atomic E-state index is 0.124. The minimum Gasteiger partial charge on any atom is -0.388 e. The molecule has 0 atom stereocenters. The summed E-state index contributed by atoms with van der Waals surface area (Å²) < 4.78 is 0. The van der Waals surface area contributed by atoms with Gasteiger partial charge in [0.2, 0.25) is 12.3 Å². The van der Waals surface area contributed by atoms with Crippen molar-refractivity contribution >= 4 is 18.0 Å². The van der Waals surface area contributed by atoms with Crippen LogP contribution in [0.15, 0.2) is 24.3 Å². The summed E-state index contributed by atoms with van der Waals surface area (Å²) >= 11 is 0. The first-order chi connectivity index (χ1) is 10.7. The van der Waals surface area contributed by atoms with Crippen molar-refractivity contribution in [2.75, 3.05) is 32.0 Å². The van der Waals surface area contributed by atoms with Crippen LogP contribution in [-0.4, -0.2) is 54.8 Å². The minimum atomic E-state index is 0.124. The summed E-state index contributed by atoms with van der Waals surface area (Å²) in [5.74, 6) is 0.124. The highest BCUT2D eigenvalue weighted by Gasteiger charge is 2.24. The van der Waals surface area contributed by atoms with Crippen molar-refractivity contribution in [3.63, 3.8) is 0 Å². The van der Waals surface area contributed by atoms with Crippen LogP contribution in [0.5, 0.6) is 0 Å². The Bertz CT molecular complexity index is 510. The molecular weight excluding hydrogens is 278 g/mol. The number of nitrogens with zero attached hydrogens (tertiary/aromatic N) is 2. The van der Waals surface area contributed by atoms with Crippen LogP contribution in [0.3, 0.4) is 0 Å². The van der Waals surface area contributed by atoms with Crippen LogP contribution in [-0.2, 0) is 16.0 Å². The van der Waals surface area contributed by atoms with Crippen LogP contribution in [0.2, 0.25) is 0 Å². The molecule has 1 aliphatic rings. The average Bonchev–Trinajstić information content (AvgIpc) is 2.56. The number of benzene rings is 1. The Labute approximate surface area is 132 Å². The lowest BCUT2D eigenvalue weighted by molar-refractivity contribution is -0.131. The number of rotatable bonds is 6. The van der Waals surface area contributed by atoms with Crippen molar-refractivity contribution in [3.05, 3.63) is 29.8 Å². The van der Waals surface area contributed by atoms with Crippen LogP contribution in [0.4, 0.5) is 5.69 Å². The summed E-state index contributed by atoms with van der Waals surface area (Å²) in [6.07, 6.45) is 3.52. The molecule has 120 valence electrons. The zero-order valence-corrected chi connectivity index (χ0v) is 13.4. The van der Waals surface area contributed by atoms with Gasteiger partial charge in [-0.25, -0.2) is 0 Å². The number of para-hydroxylation sites is 1. The van der Waals surface area contributed by atoms with Gasteiger partial charge in [-0.2, -0.15) is 0 Å². The quantitative estimate of drug-likeness (QED) is 0.815.